The van der Waals surface area contributed by atoms with Gasteiger partial charge in [-0.2, -0.15) is 0 Å². The summed E-state index contributed by atoms with van der Waals surface area (Å²) < 4.78 is 44.2. The zero-order valence-electron chi connectivity index (χ0n) is 10.5. The van der Waals surface area contributed by atoms with Crippen LogP contribution in [0.25, 0.3) is 0 Å². The van der Waals surface area contributed by atoms with Gasteiger partial charge in [-0.15, -0.1) is 0 Å². The Morgan fingerprint density at radius 2 is 2.06 bits per heavy atom. The highest BCUT2D eigenvalue weighted by atomic mass is 32.2. The molecular formula is C11H17FN2O3S. The third kappa shape index (κ3) is 3.94. The van der Waals surface area contributed by atoms with Crippen molar-refractivity contribution in [3.05, 3.63) is 24.0 Å². The molecule has 3 N–H and O–H groups in total. The Morgan fingerprint density at radius 3 is 2.50 bits per heavy atom. The van der Waals surface area contributed by atoms with Crippen LogP contribution in [0.2, 0.25) is 0 Å². The normalized spacial score (nSPS) is 12.5. The summed E-state index contributed by atoms with van der Waals surface area (Å²) in [7, 11) is -2.46. The summed E-state index contributed by atoms with van der Waals surface area (Å²) in [6.45, 7) is 3.43. The van der Waals surface area contributed by atoms with Gasteiger partial charge in [0.25, 0.3) is 0 Å². The zero-order chi connectivity index (χ0) is 14.0. The zero-order valence-corrected chi connectivity index (χ0v) is 11.3. The van der Waals surface area contributed by atoms with Crippen LogP contribution in [0.15, 0.2) is 23.1 Å². The van der Waals surface area contributed by atoms with E-state index in [1.54, 1.807) is 13.8 Å². The number of nitrogens with two attached hydrogens (primary N) is 1. The van der Waals surface area contributed by atoms with E-state index in [1.807, 2.05) is 0 Å². The average Bonchev–Trinajstić information content (AvgIpc) is 2.25. The van der Waals surface area contributed by atoms with Crippen LogP contribution in [0, 0.1) is 5.82 Å². The van der Waals surface area contributed by atoms with Crippen molar-refractivity contribution in [3.8, 4) is 5.75 Å². The van der Waals surface area contributed by atoms with Gasteiger partial charge in [0, 0.05) is 12.1 Å². The second-order valence-corrected chi connectivity index (χ2v) is 6.38. The lowest BCUT2D eigenvalue weighted by Gasteiger charge is -2.19. The molecule has 0 atom stereocenters. The van der Waals surface area contributed by atoms with Crippen molar-refractivity contribution < 1.29 is 17.5 Å². The second-order valence-electron chi connectivity index (χ2n) is 4.61. The van der Waals surface area contributed by atoms with Gasteiger partial charge in [0.05, 0.1) is 12.0 Å². The number of rotatable bonds is 5. The van der Waals surface area contributed by atoms with E-state index in [0.29, 0.717) is 0 Å². The lowest BCUT2D eigenvalue weighted by atomic mass is 10.1. The maximum atomic E-state index is 13.4. The molecule has 0 saturated carbocycles. The summed E-state index contributed by atoms with van der Waals surface area (Å²) in [6, 6.07) is 3.44. The molecule has 7 heteroatoms. The first kappa shape index (κ1) is 14.9. The Kier molecular flexibility index (Phi) is 4.31. The molecule has 1 aromatic carbocycles. The molecule has 1 aromatic rings. The first-order valence-electron chi connectivity index (χ1n) is 5.28. The number of hydrogen-bond acceptors (Lipinski definition) is 4. The molecule has 5 nitrogen and oxygen atoms in total. The van der Waals surface area contributed by atoms with E-state index in [2.05, 4.69) is 4.72 Å². The number of sulfonamides is 1. The van der Waals surface area contributed by atoms with Crippen LogP contribution >= 0.6 is 0 Å². The number of nitrogens with one attached hydrogen (secondary N) is 1. The molecule has 0 fully saturated rings. The molecule has 0 aliphatic rings. The van der Waals surface area contributed by atoms with Crippen molar-refractivity contribution in [1.82, 2.24) is 4.72 Å². The molecule has 0 heterocycles. The minimum Gasteiger partial charge on any atom is -0.494 e. The van der Waals surface area contributed by atoms with Crippen LogP contribution in [0.5, 0.6) is 5.75 Å². The van der Waals surface area contributed by atoms with Gasteiger partial charge in [0.15, 0.2) is 11.6 Å². The summed E-state index contributed by atoms with van der Waals surface area (Å²) in [5, 5.41) is 0. The highest BCUT2D eigenvalue weighted by Crippen LogP contribution is 2.20. The molecule has 1 rings (SSSR count). The minimum atomic E-state index is -3.77. The summed E-state index contributed by atoms with van der Waals surface area (Å²) in [4.78, 5) is -0.162. The molecule has 18 heavy (non-hydrogen) atoms. The van der Waals surface area contributed by atoms with Crippen molar-refractivity contribution >= 4 is 10.0 Å². The van der Waals surface area contributed by atoms with Gasteiger partial charge in [-0.25, -0.2) is 17.5 Å². The third-order valence-electron chi connectivity index (χ3n) is 2.15. The summed E-state index contributed by atoms with van der Waals surface area (Å²) >= 11 is 0. The maximum absolute atomic E-state index is 13.4. The standard InChI is InChI=1S/C11H17FN2O3S/c1-11(2,13)7-14-18(15,16)8-4-5-10(17-3)9(12)6-8/h4-6,14H,7,13H2,1-3H3. The second kappa shape index (κ2) is 5.21. The number of hydrogen-bond donors (Lipinski definition) is 2. The Hall–Kier alpha value is -1.18. The summed E-state index contributed by atoms with van der Waals surface area (Å²) in [5.41, 5.74) is 4.99. The Balaban J connectivity index is 2.96. The molecule has 0 aromatic heterocycles. The molecule has 0 aliphatic carbocycles. The van der Waals surface area contributed by atoms with Crippen LogP contribution in [0.1, 0.15) is 13.8 Å². The molecule has 0 aliphatic heterocycles. The fraction of sp³-hybridized carbons (Fsp3) is 0.455. The number of halogens is 1. The predicted molar refractivity (Wildman–Crippen MR) is 66.4 cm³/mol. The number of benzene rings is 1. The molecule has 0 bridgehead atoms. The van der Waals surface area contributed by atoms with E-state index >= 15 is 0 Å². The van der Waals surface area contributed by atoms with Gasteiger partial charge >= 0.3 is 0 Å². The highest BCUT2D eigenvalue weighted by Gasteiger charge is 2.20. The summed E-state index contributed by atoms with van der Waals surface area (Å²) in [6.07, 6.45) is 0. The molecular weight excluding hydrogens is 259 g/mol. The number of methoxy groups -OCH3 is 1. The number of ether oxygens (including phenoxy) is 1. The Bertz CT molecular complexity index is 524. The first-order valence-corrected chi connectivity index (χ1v) is 6.76. The van der Waals surface area contributed by atoms with Gasteiger partial charge in [0.1, 0.15) is 0 Å². The topological polar surface area (TPSA) is 81.4 Å². The largest absolute Gasteiger partial charge is 0.494 e. The van der Waals surface area contributed by atoms with E-state index in [4.69, 9.17) is 10.5 Å². The molecule has 0 radical (unpaired) electrons. The van der Waals surface area contributed by atoms with Crippen molar-refractivity contribution in [1.29, 1.82) is 0 Å². The molecule has 0 amide bonds. The van der Waals surface area contributed by atoms with Crippen LogP contribution in [-0.2, 0) is 10.0 Å². The third-order valence-corrected chi connectivity index (χ3v) is 3.55. The fourth-order valence-electron chi connectivity index (χ4n) is 1.18. The summed E-state index contributed by atoms with van der Waals surface area (Å²) in [5.74, 6) is -0.736. The first-order chi connectivity index (χ1) is 8.15. The Labute approximate surface area is 106 Å². The van der Waals surface area contributed by atoms with Crippen molar-refractivity contribution in [3.63, 3.8) is 0 Å². The van der Waals surface area contributed by atoms with Crippen molar-refractivity contribution in [2.75, 3.05) is 13.7 Å². The predicted octanol–water partition coefficient (Wildman–Crippen LogP) is 0.850. The van der Waals surface area contributed by atoms with E-state index in [0.717, 1.165) is 6.07 Å². The Morgan fingerprint density at radius 1 is 1.44 bits per heavy atom. The van der Waals surface area contributed by atoms with Gasteiger partial charge in [-0.05, 0) is 32.0 Å². The SMILES string of the molecule is COc1ccc(S(=O)(=O)NCC(C)(C)N)cc1F. The lowest BCUT2D eigenvalue weighted by molar-refractivity contribution is 0.385. The van der Waals surface area contributed by atoms with Gasteiger partial charge in [0.2, 0.25) is 10.0 Å². The van der Waals surface area contributed by atoms with Crippen LogP contribution in [-0.4, -0.2) is 27.6 Å². The van der Waals surface area contributed by atoms with E-state index in [9.17, 15) is 12.8 Å². The van der Waals surface area contributed by atoms with Gasteiger partial charge in [-0.1, -0.05) is 0 Å². The van der Waals surface area contributed by atoms with E-state index in [-0.39, 0.29) is 17.2 Å². The van der Waals surface area contributed by atoms with Crippen molar-refractivity contribution in [2.45, 2.75) is 24.3 Å². The molecule has 0 saturated heterocycles. The van der Waals surface area contributed by atoms with Crippen molar-refractivity contribution in [2.24, 2.45) is 5.73 Å². The average molecular weight is 276 g/mol. The van der Waals surface area contributed by atoms with Crippen LogP contribution in [0.4, 0.5) is 4.39 Å². The maximum Gasteiger partial charge on any atom is 0.240 e. The molecule has 0 spiro atoms. The van der Waals surface area contributed by atoms with Crippen LogP contribution < -0.4 is 15.2 Å². The molecule has 102 valence electrons. The fourth-order valence-corrected chi connectivity index (χ4v) is 2.41. The quantitative estimate of drug-likeness (QED) is 0.835. The lowest BCUT2D eigenvalue weighted by Crippen LogP contribution is -2.45. The van der Waals surface area contributed by atoms with E-state index < -0.39 is 21.4 Å². The smallest absolute Gasteiger partial charge is 0.240 e. The van der Waals surface area contributed by atoms with Gasteiger partial charge in [-0.3, -0.25) is 0 Å². The van der Waals surface area contributed by atoms with Gasteiger partial charge < -0.3 is 10.5 Å². The van der Waals surface area contributed by atoms with Crippen LogP contribution in [0.3, 0.4) is 0 Å². The molecule has 0 unspecified atom stereocenters. The minimum absolute atomic E-state index is 0.00638. The monoisotopic (exact) mass is 276 g/mol. The van der Waals surface area contributed by atoms with E-state index in [1.165, 1.54) is 19.2 Å². The highest BCUT2D eigenvalue weighted by molar-refractivity contribution is 7.89.